The second-order valence-electron chi connectivity index (χ2n) is 5.58. The first-order chi connectivity index (χ1) is 8.57. The van der Waals surface area contributed by atoms with Gasteiger partial charge in [0.15, 0.2) is 0 Å². The van der Waals surface area contributed by atoms with Crippen molar-refractivity contribution in [3.63, 3.8) is 0 Å². The summed E-state index contributed by atoms with van der Waals surface area (Å²) in [5.41, 5.74) is 8.86. The van der Waals surface area contributed by atoms with Gasteiger partial charge >= 0.3 is 0 Å². The highest BCUT2D eigenvalue weighted by Crippen LogP contribution is 2.31. The Bertz CT molecular complexity index is 407. The van der Waals surface area contributed by atoms with Gasteiger partial charge in [0.25, 0.3) is 0 Å². The van der Waals surface area contributed by atoms with Gasteiger partial charge in [-0.2, -0.15) is 0 Å². The van der Waals surface area contributed by atoms with E-state index in [0.717, 1.165) is 19.7 Å². The average molecular weight is 248 g/mol. The van der Waals surface area contributed by atoms with Crippen molar-refractivity contribution < 1.29 is 4.74 Å². The van der Waals surface area contributed by atoms with Gasteiger partial charge in [-0.1, -0.05) is 25.1 Å². The van der Waals surface area contributed by atoms with Crippen LogP contribution in [0.2, 0.25) is 0 Å². The largest absolute Gasteiger partial charge is 0.379 e. The highest BCUT2D eigenvalue weighted by molar-refractivity contribution is 5.53. The van der Waals surface area contributed by atoms with Crippen LogP contribution in [0.5, 0.6) is 0 Å². The molecule has 0 amide bonds. The molecule has 1 aliphatic rings. The molecule has 2 unspecified atom stereocenters. The number of anilines is 1. The van der Waals surface area contributed by atoms with E-state index in [9.17, 15) is 0 Å². The molecule has 1 aliphatic heterocycles. The van der Waals surface area contributed by atoms with Gasteiger partial charge in [-0.25, -0.2) is 0 Å². The van der Waals surface area contributed by atoms with Crippen LogP contribution < -0.4 is 10.6 Å². The van der Waals surface area contributed by atoms with Gasteiger partial charge in [-0.15, -0.1) is 0 Å². The molecule has 1 aromatic rings. The Morgan fingerprint density at radius 1 is 1.44 bits per heavy atom. The molecule has 18 heavy (non-hydrogen) atoms. The van der Waals surface area contributed by atoms with E-state index in [0.29, 0.717) is 6.61 Å². The number of para-hydroxylation sites is 1. The normalized spacial score (nSPS) is 27.4. The summed E-state index contributed by atoms with van der Waals surface area (Å²) in [6.07, 6.45) is 0. The summed E-state index contributed by atoms with van der Waals surface area (Å²) < 4.78 is 5.53. The molecule has 1 saturated heterocycles. The second-order valence-corrected chi connectivity index (χ2v) is 5.58. The number of nitrogens with two attached hydrogens (primary N) is 1. The molecule has 2 atom stereocenters. The number of ether oxygens (including phenoxy) is 1. The molecule has 0 aromatic heterocycles. The Morgan fingerprint density at radius 3 is 2.72 bits per heavy atom. The first-order valence-corrected chi connectivity index (χ1v) is 6.71. The third kappa shape index (κ3) is 2.52. The minimum atomic E-state index is 0.0539. The fraction of sp³-hybridized carbons (Fsp3) is 0.600. The maximum Gasteiger partial charge on any atom is 0.0624 e. The molecule has 2 N–H and O–H groups in total. The summed E-state index contributed by atoms with van der Waals surface area (Å²) in [5.74, 6) is 0. The first-order valence-electron chi connectivity index (χ1n) is 6.71. The SMILES string of the molecule is CCN(CC1(C)COCC1N)c1ccccc1C. The topological polar surface area (TPSA) is 38.5 Å². The maximum absolute atomic E-state index is 6.18. The third-order valence-corrected chi connectivity index (χ3v) is 4.01. The zero-order chi connectivity index (χ0) is 13.2. The van der Waals surface area contributed by atoms with Crippen molar-refractivity contribution in [1.82, 2.24) is 0 Å². The first kappa shape index (κ1) is 13.4. The molecule has 3 nitrogen and oxygen atoms in total. The van der Waals surface area contributed by atoms with Crippen molar-refractivity contribution in [2.75, 3.05) is 31.2 Å². The van der Waals surface area contributed by atoms with Gasteiger partial charge in [0.1, 0.15) is 0 Å². The van der Waals surface area contributed by atoms with Crippen LogP contribution in [0.1, 0.15) is 19.4 Å². The van der Waals surface area contributed by atoms with E-state index in [1.54, 1.807) is 0 Å². The molecular weight excluding hydrogens is 224 g/mol. The minimum Gasteiger partial charge on any atom is -0.379 e. The van der Waals surface area contributed by atoms with Crippen molar-refractivity contribution in [1.29, 1.82) is 0 Å². The molecule has 1 heterocycles. The van der Waals surface area contributed by atoms with Gasteiger partial charge < -0.3 is 15.4 Å². The summed E-state index contributed by atoms with van der Waals surface area (Å²) in [6, 6.07) is 8.65. The van der Waals surface area contributed by atoms with Crippen LogP contribution in [0.3, 0.4) is 0 Å². The van der Waals surface area contributed by atoms with E-state index in [-0.39, 0.29) is 11.5 Å². The van der Waals surface area contributed by atoms with E-state index in [1.165, 1.54) is 11.3 Å². The lowest BCUT2D eigenvalue weighted by Crippen LogP contribution is -2.47. The Kier molecular flexibility index (Phi) is 3.93. The highest BCUT2D eigenvalue weighted by Gasteiger charge is 2.39. The fourth-order valence-electron chi connectivity index (χ4n) is 2.61. The lowest BCUT2D eigenvalue weighted by Gasteiger charge is -2.35. The van der Waals surface area contributed by atoms with E-state index in [1.807, 2.05) is 0 Å². The molecule has 1 fully saturated rings. The standard InChI is InChI=1S/C15H24N2O/c1-4-17(13-8-6-5-7-12(13)2)10-15(3)11-18-9-14(15)16/h5-8,14H,4,9-11,16H2,1-3H3. The predicted octanol–water partition coefficient (Wildman–Crippen LogP) is 2.19. The highest BCUT2D eigenvalue weighted by atomic mass is 16.5. The van der Waals surface area contributed by atoms with Crippen LogP contribution in [0.15, 0.2) is 24.3 Å². The monoisotopic (exact) mass is 248 g/mol. The molecule has 0 bridgehead atoms. The van der Waals surface area contributed by atoms with Crippen LogP contribution in [0.25, 0.3) is 0 Å². The van der Waals surface area contributed by atoms with Gasteiger partial charge in [-0.3, -0.25) is 0 Å². The quantitative estimate of drug-likeness (QED) is 0.887. The van der Waals surface area contributed by atoms with Crippen molar-refractivity contribution in [2.24, 2.45) is 11.1 Å². The molecule has 0 spiro atoms. The van der Waals surface area contributed by atoms with E-state index in [2.05, 4.69) is 49.9 Å². The molecule has 0 radical (unpaired) electrons. The smallest absolute Gasteiger partial charge is 0.0624 e. The van der Waals surface area contributed by atoms with E-state index >= 15 is 0 Å². The van der Waals surface area contributed by atoms with Crippen LogP contribution in [0, 0.1) is 12.3 Å². The van der Waals surface area contributed by atoms with Crippen LogP contribution in [-0.4, -0.2) is 32.3 Å². The van der Waals surface area contributed by atoms with Crippen molar-refractivity contribution in [3.05, 3.63) is 29.8 Å². The Morgan fingerprint density at radius 2 is 2.17 bits per heavy atom. The van der Waals surface area contributed by atoms with Gasteiger partial charge in [0, 0.05) is 30.2 Å². The van der Waals surface area contributed by atoms with Crippen molar-refractivity contribution in [3.8, 4) is 0 Å². The van der Waals surface area contributed by atoms with Gasteiger partial charge in [0.2, 0.25) is 0 Å². The van der Waals surface area contributed by atoms with Gasteiger partial charge in [-0.05, 0) is 25.5 Å². The summed E-state index contributed by atoms with van der Waals surface area (Å²) in [7, 11) is 0. The number of benzene rings is 1. The van der Waals surface area contributed by atoms with E-state index in [4.69, 9.17) is 10.5 Å². The van der Waals surface area contributed by atoms with Crippen LogP contribution in [-0.2, 0) is 4.74 Å². The Hall–Kier alpha value is -1.06. The van der Waals surface area contributed by atoms with Gasteiger partial charge in [0.05, 0.1) is 13.2 Å². The second kappa shape index (κ2) is 5.29. The molecule has 100 valence electrons. The summed E-state index contributed by atoms with van der Waals surface area (Å²) >= 11 is 0. The Balaban J connectivity index is 2.18. The molecule has 1 aromatic carbocycles. The minimum absolute atomic E-state index is 0.0539. The molecule has 2 rings (SSSR count). The molecule has 3 heteroatoms. The zero-order valence-electron chi connectivity index (χ0n) is 11.6. The fourth-order valence-corrected chi connectivity index (χ4v) is 2.61. The average Bonchev–Trinajstić information content (AvgIpc) is 2.68. The number of hydrogen-bond acceptors (Lipinski definition) is 3. The van der Waals surface area contributed by atoms with Crippen LogP contribution >= 0.6 is 0 Å². The Labute approximate surface area is 110 Å². The van der Waals surface area contributed by atoms with Crippen molar-refractivity contribution >= 4 is 5.69 Å². The summed E-state index contributed by atoms with van der Waals surface area (Å²) in [5, 5.41) is 0. The summed E-state index contributed by atoms with van der Waals surface area (Å²) in [4.78, 5) is 2.41. The summed E-state index contributed by atoms with van der Waals surface area (Å²) in [6.45, 7) is 9.97. The predicted molar refractivity (Wildman–Crippen MR) is 76.0 cm³/mol. The number of aryl methyl sites for hydroxylation is 1. The third-order valence-electron chi connectivity index (χ3n) is 4.01. The van der Waals surface area contributed by atoms with Crippen LogP contribution in [0.4, 0.5) is 5.69 Å². The van der Waals surface area contributed by atoms with E-state index < -0.39 is 0 Å². The lowest BCUT2D eigenvalue weighted by atomic mass is 9.85. The molecule has 0 aliphatic carbocycles. The van der Waals surface area contributed by atoms with Crippen molar-refractivity contribution in [2.45, 2.75) is 26.8 Å². The zero-order valence-corrected chi connectivity index (χ0v) is 11.6. The lowest BCUT2D eigenvalue weighted by molar-refractivity contribution is 0.161. The maximum atomic E-state index is 6.18. The molecule has 0 saturated carbocycles. The number of hydrogen-bond donors (Lipinski definition) is 1. The number of nitrogens with zero attached hydrogens (tertiary/aromatic N) is 1. The molecular formula is C15H24N2O. The number of rotatable bonds is 4.